The zero-order valence-corrected chi connectivity index (χ0v) is 8.37. The summed E-state index contributed by atoms with van der Waals surface area (Å²) in [5.74, 6) is 0.807. The Morgan fingerprint density at radius 2 is 2.23 bits per heavy atom. The highest BCUT2D eigenvalue weighted by Gasteiger charge is 2.12. The third kappa shape index (κ3) is 3.42. The molecule has 0 aliphatic carbocycles. The van der Waals surface area contributed by atoms with E-state index in [-0.39, 0.29) is 5.54 Å². The van der Waals surface area contributed by atoms with E-state index in [9.17, 15) is 0 Å². The van der Waals surface area contributed by atoms with Gasteiger partial charge in [0.15, 0.2) is 0 Å². The SMILES string of the molecule is Cc1ncccc1OCC(C)(C)N. The minimum atomic E-state index is -0.303. The van der Waals surface area contributed by atoms with Crippen molar-refractivity contribution in [1.82, 2.24) is 4.98 Å². The third-order valence-corrected chi connectivity index (χ3v) is 1.56. The first-order valence-corrected chi connectivity index (χ1v) is 4.32. The van der Waals surface area contributed by atoms with Crippen LogP contribution in [0.4, 0.5) is 0 Å². The number of pyridine rings is 1. The van der Waals surface area contributed by atoms with E-state index in [1.807, 2.05) is 32.9 Å². The smallest absolute Gasteiger partial charge is 0.140 e. The summed E-state index contributed by atoms with van der Waals surface area (Å²) in [6.07, 6.45) is 1.75. The summed E-state index contributed by atoms with van der Waals surface area (Å²) in [5.41, 5.74) is 6.38. The summed E-state index contributed by atoms with van der Waals surface area (Å²) >= 11 is 0. The predicted molar refractivity (Wildman–Crippen MR) is 52.7 cm³/mol. The molecular weight excluding hydrogens is 164 g/mol. The van der Waals surface area contributed by atoms with Gasteiger partial charge >= 0.3 is 0 Å². The van der Waals surface area contributed by atoms with Gasteiger partial charge in [0.2, 0.25) is 0 Å². The Kier molecular flexibility index (Phi) is 2.88. The molecule has 0 saturated carbocycles. The molecule has 0 bridgehead atoms. The summed E-state index contributed by atoms with van der Waals surface area (Å²) in [6.45, 7) is 6.27. The third-order valence-electron chi connectivity index (χ3n) is 1.56. The van der Waals surface area contributed by atoms with E-state index in [2.05, 4.69) is 4.98 Å². The zero-order chi connectivity index (χ0) is 9.90. The number of aryl methyl sites for hydroxylation is 1. The van der Waals surface area contributed by atoms with Crippen molar-refractivity contribution < 1.29 is 4.74 Å². The zero-order valence-electron chi connectivity index (χ0n) is 8.37. The highest BCUT2D eigenvalue weighted by Crippen LogP contribution is 2.14. The number of rotatable bonds is 3. The maximum absolute atomic E-state index is 5.79. The van der Waals surface area contributed by atoms with E-state index < -0.39 is 0 Å². The van der Waals surface area contributed by atoms with Gasteiger partial charge in [0.05, 0.1) is 5.69 Å². The van der Waals surface area contributed by atoms with E-state index in [0.717, 1.165) is 11.4 Å². The molecule has 0 spiro atoms. The lowest BCUT2D eigenvalue weighted by Gasteiger charge is -2.19. The Labute approximate surface area is 78.9 Å². The van der Waals surface area contributed by atoms with Crippen molar-refractivity contribution in [2.24, 2.45) is 5.73 Å². The van der Waals surface area contributed by atoms with E-state index in [4.69, 9.17) is 10.5 Å². The second-order valence-electron chi connectivity index (χ2n) is 3.86. The highest BCUT2D eigenvalue weighted by molar-refractivity contribution is 5.25. The van der Waals surface area contributed by atoms with Gasteiger partial charge in [-0.2, -0.15) is 0 Å². The van der Waals surface area contributed by atoms with Crippen molar-refractivity contribution in [1.29, 1.82) is 0 Å². The lowest BCUT2D eigenvalue weighted by molar-refractivity contribution is 0.241. The molecule has 1 rings (SSSR count). The molecule has 2 N–H and O–H groups in total. The summed E-state index contributed by atoms with van der Waals surface area (Å²) in [5, 5.41) is 0. The van der Waals surface area contributed by atoms with E-state index >= 15 is 0 Å². The van der Waals surface area contributed by atoms with Crippen LogP contribution in [0.25, 0.3) is 0 Å². The normalized spacial score (nSPS) is 11.4. The van der Waals surface area contributed by atoms with Crippen LogP contribution in [0.5, 0.6) is 5.75 Å². The number of hydrogen-bond acceptors (Lipinski definition) is 3. The average Bonchev–Trinajstić information content (AvgIpc) is 2.01. The number of aromatic nitrogens is 1. The van der Waals surface area contributed by atoms with Crippen molar-refractivity contribution in [3.05, 3.63) is 24.0 Å². The Morgan fingerprint density at radius 1 is 1.54 bits per heavy atom. The van der Waals surface area contributed by atoms with E-state index in [1.165, 1.54) is 0 Å². The van der Waals surface area contributed by atoms with Gasteiger partial charge in [0, 0.05) is 11.7 Å². The van der Waals surface area contributed by atoms with Crippen LogP contribution in [0.1, 0.15) is 19.5 Å². The minimum absolute atomic E-state index is 0.303. The number of nitrogens with zero attached hydrogens (tertiary/aromatic N) is 1. The van der Waals surface area contributed by atoms with Crippen molar-refractivity contribution in [2.75, 3.05) is 6.61 Å². The van der Waals surface area contributed by atoms with Crippen LogP contribution in [-0.4, -0.2) is 17.1 Å². The molecule has 3 nitrogen and oxygen atoms in total. The average molecular weight is 180 g/mol. The predicted octanol–water partition coefficient (Wildman–Crippen LogP) is 1.51. The quantitative estimate of drug-likeness (QED) is 0.767. The number of nitrogens with two attached hydrogens (primary N) is 1. The van der Waals surface area contributed by atoms with Gasteiger partial charge in [-0.3, -0.25) is 4.98 Å². The highest BCUT2D eigenvalue weighted by atomic mass is 16.5. The molecular formula is C10H16N2O. The van der Waals surface area contributed by atoms with Crippen molar-refractivity contribution in [3.63, 3.8) is 0 Å². The van der Waals surface area contributed by atoms with E-state index in [1.54, 1.807) is 6.20 Å². The van der Waals surface area contributed by atoms with Crippen LogP contribution in [0.3, 0.4) is 0 Å². The summed E-state index contributed by atoms with van der Waals surface area (Å²) in [4.78, 5) is 4.11. The molecule has 1 aromatic rings. The van der Waals surface area contributed by atoms with Crippen LogP contribution in [0.15, 0.2) is 18.3 Å². The second kappa shape index (κ2) is 3.75. The molecule has 0 saturated heterocycles. The molecule has 13 heavy (non-hydrogen) atoms. The van der Waals surface area contributed by atoms with Crippen LogP contribution < -0.4 is 10.5 Å². The maximum atomic E-state index is 5.79. The molecule has 0 radical (unpaired) electrons. The molecule has 72 valence electrons. The molecule has 0 aliphatic rings. The van der Waals surface area contributed by atoms with Gasteiger partial charge in [0.1, 0.15) is 12.4 Å². The molecule has 3 heteroatoms. The lowest BCUT2D eigenvalue weighted by Crippen LogP contribution is -2.38. The maximum Gasteiger partial charge on any atom is 0.140 e. The van der Waals surface area contributed by atoms with Crippen LogP contribution in [-0.2, 0) is 0 Å². The largest absolute Gasteiger partial charge is 0.490 e. The number of ether oxygens (including phenoxy) is 1. The fourth-order valence-corrected chi connectivity index (χ4v) is 0.886. The van der Waals surface area contributed by atoms with Crippen molar-refractivity contribution in [2.45, 2.75) is 26.3 Å². The summed E-state index contributed by atoms with van der Waals surface area (Å²) < 4.78 is 5.51. The Bertz CT molecular complexity index is 278. The fourth-order valence-electron chi connectivity index (χ4n) is 0.886. The van der Waals surface area contributed by atoms with Crippen molar-refractivity contribution in [3.8, 4) is 5.75 Å². The minimum Gasteiger partial charge on any atom is -0.490 e. The molecule has 1 aromatic heterocycles. The molecule has 1 heterocycles. The Balaban J connectivity index is 2.60. The van der Waals surface area contributed by atoms with Gasteiger partial charge in [-0.05, 0) is 32.9 Å². The van der Waals surface area contributed by atoms with Crippen LogP contribution >= 0.6 is 0 Å². The van der Waals surface area contributed by atoms with Gasteiger partial charge in [-0.15, -0.1) is 0 Å². The molecule has 0 aromatic carbocycles. The molecule has 0 atom stereocenters. The van der Waals surface area contributed by atoms with Gasteiger partial charge in [0.25, 0.3) is 0 Å². The second-order valence-corrected chi connectivity index (χ2v) is 3.86. The fraction of sp³-hybridized carbons (Fsp3) is 0.500. The van der Waals surface area contributed by atoms with Gasteiger partial charge in [-0.25, -0.2) is 0 Å². The molecule has 0 fully saturated rings. The standard InChI is InChI=1S/C10H16N2O/c1-8-9(5-4-6-12-8)13-7-10(2,3)11/h4-6H,7,11H2,1-3H3. The van der Waals surface area contributed by atoms with Crippen LogP contribution in [0.2, 0.25) is 0 Å². The Morgan fingerprint density at radius 3 is 2.77 bits per heavy atom. The monoisotopic (exact) mass is 180 g/mol. The first-order valence-electron chi connectivity index (χ1n) is 4.32. The topological polar surface area (TPSA) is 48.1 Å². The number of hydrogen-bond donors (Lipinski definition) is 1. The van der Waals surface area contributed by atoms with Gasteiger partial charge < -0.3 is 10.5 Å². The molecule has 0 unspecified atom stereocenters. The Hall–Kier alpha value is -1.09. The molecule has 0 amide bonds. The molecule has 0 aliphatic heterocycles. The van der Waals surface area contributed by atoms with E-state index in [0.29, 0.717) is 6.61 Å². The first kappa shape index (κ1) is 9.99. The lowest BCUT2D eigenvalue weighted by atomic mass is 10.1. The van der Waals surface area contributed by atoms with Crippen molar-refractivity contribution >= 4 is 0 Å². The van der Waals surface area contributed by atoms with Gasteiger partial charge in [-0.1, -0.05) is 0 Å². The summed E-state index contributed by atoms with van der Waals surface area (Å²) in [7, 11) is 0. The summed E-state index contributed by atoms with van der Waals surface area (Å²) in [6, 6.07) is 3.75. The first-order chi connectivity index (χ1) is 5.99. The van der Waals surface area contributed by atoms with Crippen LogP contribution in [0, 0.1) is 6.92 Å².